The average molecular weight is 353 g/mol. The van der Waals surface area contributed by atoms with Gasteiger partial charge in [-0.15, -0.1) is 0 Å². The number of imidazole rings is 1. The summed E-state index contributed by atoms with van der Waals surface area (Å²) in [6.45, 7) is 0.487. The first kappa shape index (κ1) is 17.8. The normalized spacial score (nSPS) is 12.0. The predicted molar refractivity (Wildman–Crippen MR) is 96.1 cm³/mol. The summed E-state index contributed by atoms with van der Waals surface area (Å²) < 4.78 is 20.6. The molecule has 1 amide bonds. The minimum atomic E-state index is -0.558. The quantitative estimate of drug-likeness (QED) is 0.740. The van der Waals surface area contributed by atoms with Crippen LogP contribution in [0.1, 0.15) is 33.4 Å². The highest BCUT2D eigenvalue weighted by Gasteiger charge is 2.21. The molecule has 2 aromatic carbocycles. The van der Waals surface area contributed by atoms with E-state index in [-0.39, 0.29) is 11.7 Å². The highest BCUT2D eigenvalue weighted by atomic mass is 19.1. The van der Waals surface area contributed by atoms with Crippen molar-refractivity contribution in [2.45, 2.75) is 12.6 Å². The molecule has 134 valence electrons. The molecule has 1 atom stereocenters. The minimum absolute atomic E-state index is 0.258. The van der Waals surface area contributed by atoms with Gasteiger partial charge in [0.05, 0.1) is 6.61 Å². The Morgan fingerprint density at radius 2 is 2.04 bits per heavy atom. The summed E-state index contributed by atoms with van der Waals surface area (Å²) in [7, 11) is 3.46. The van der Waals surface area contributed by atoms with Gasteiger partial charge in [-0.25, -0.2) is 9.37 Å². The number of nitrogens with zero attached hydrogens (tertiary/aromatic N) is 2. The summed E-state index contributed by atoms with van der Waals surface area (Å²) in [5, 5.41) is 2.95. The number of ether oxygens (including phenoxy) is 1. The minimum Gasteiger partial charge on any atom is -0.380 e. The third-order valence-corrected chi connectivity index (χ3v) is 4.10. The Kier molecular flexibility index (Phi) is 5.43. The molecule has 0 saturated carbocycles. The molecule has 6 heteroatoms. The second kappa shape index (κ2) is 7.93. The summed E-state index contributed by atoms with van der Waals surface area (Å²) in [6, 6.07) is 12.8. The molecule has 0 radical (unpaired) electrons. The van der Waals surface area contributed by atoms with E-state index >= 15 is 0 Å². The molecule has 3 rings (SSSR count). The zero-order valence-electron chi connectivity index (χ0n) is 14.6. The molecule has 0 saturated heterocycles. The van der Waals surface area contributed by atoms with Gasteiger partial charge < -0.3 is 14.6 Å². The van der Waals surface area contributed by atoms with E-state index in [4.69, 9.17) is 4.74 Å². The van der Waals surface area contributed by atoms with Crippen LogP contribution >= 0.6 is 0 Å². The van der Waals surface area contributed by atoms with Gasteiger partial charge in [0.2, 0.25) is 0 Å². The van der Waals surface area contributed by atoms with E-state index in [0.717, 1.165) is 5.56 Å². The number of carbonyl (C=O) groups excluding carboxylic acids is 1. The van der Waals surface area contributed by atoms with Crippen LogP contribution in [-0.4, -0.2) is 22.6 Å². The van der Waals surface area contributed by atoms with E-state index in [0.29, 0.717) is 23.6 Å². The van der Waals surface area contributed by atoms with Crippen LogP contribution in [0.15, 0.2) is 60.9 Å². The highest BCUT2D eigenvalue weighted by molar-refractivity contribution is 5.94. The summed E-state index contributed by atoms with van der Waals surface area (Å²) in [5.74, 6) is 0.00561. The lowest BCUT2D eigenvalue weighted by Gasteiger charge is -2.19. The maximum atomic E-state index is 13.7. The summed E-state index contributed by atoms with van der Waals surface area (Å²) in [6.07, 6.45) is 3.43. The molecule has 0 bridgehead atoms. The Hall–Kier alpha value is -2.99. The Labute approximate surface area is 151 Å². The van der Waals surface area contributed by atoms with Crippen molar-refractivity contribution in [1.29, 1.82) is 0 Å². The van der Waals surface area contributed by atoms with Crippen molar-refractivity contribution in [3.63, 3.8) is 0 Å². The van der Waals surface area contributed by atoms with Crippen molar-refractivity contribution < 1.29 is 13.9 Å². The van der Waals surface area contributed by atoms with Gasteiger partial charge in [0.1, 0.15) is 17.7 Å². The number of aryl methyl sites for hydroxylation is 1. The standard InChI is InChI=1S/C20H20FN3O2/c1-24-11-10-22-19(24)18(16-4-3-5-17(21)12-16)23-20(25)15-8-6-14(7-9-15)13-26-2/h3-12,18H,13H2,1-2H3,(H,23,25)/t18-/m1/s1. The number of hydrogen-bond donors (Lipinski definition) is 1. The van der Waals surface area contributed by atoms with Crippen LogP contribution in [0.3, 0.4) is 0 Å². The molecule has 0 unspecified atom stereocenters. The SMILES string of the molecule is COCc1ccc(C(=O)N[C@H](c2cccc(F)c2)c2nccn2C)cc1. The van der Waals surface area contributed by atoms with E-state index in [1.54, 1.807) is 48.3 Å². The van der Waals surface area contributed by atoms with Gasteiger partial charge in [-0.1, -0.05) is 24.3 Å². The van der Waals surface area contributed by atoms with E-state index in [9.17, 15) is 9.18 Å². The molecule has 0 aliphatic rings. The van der Waals surface area contributed by atoms with Crippen LogP contribution in [0, 0.1) is 5.82 Å². The summed E-state index contributed by atoms with van der Waals surface area (Å²) in [4.78, 5) is 17.0. The first-order valence-corrected chi connectivity index (χ1v) is 8.20. The number of methoxy groups -OCH3 is 1. The number of aromatic nitrogens is 2. The van der Waals surface area contributed by atoms with Gasteiger partial charge in [-0.2, -0.15) is 0 Å². The topological polar surface area (TPSA) is 56.1 Å². The Morgan fingerprint density at radius 3 is 2.65 bits per heavy atom. The monoisotopic (exact) mass is 353 g/mol. The number of hydrogen-bond acceptors (Lipinski definition) is 3. The molecule has 1 heterocycles. The third kappa shape index (κ3) is 3.97. The summed E-state index contributed by atoms with van der Waals surface area (Å²) in [5.41, 5.74) is 2.12. The van der Waals surface area contributed by atoms with Crippen molar-refractivity contribution in [2.75, 3.05) is 7.11 Å². The number of rotatable bonds is 6. The number of halogens is 1. The molecule has 0 spiro atoms. The predicted octanol–water partition coefficient (Wildman–Crippen LogP) is 3.23. The summed E-state index contributed by atoms with van der Waals surface area (Å²) >= 11 is 0. The number of benzene rings is 2. The van der Waals surface area contributed by atoms with E-state index in [2.05, 4.69) is 10.3 Å². The Balaban J connectivity index is 1.88. The molecule has 0 aliphatic heterocycles. The van der Waals surface area contributed by atoms with Crippen LogP contribution in [-0.2, 0) is 18.4 Å². The van der Waals surface area contributed by atoms with Crippen LogP contribution in [0.2, 0.25) is 0 Å². The van der Waals surface area contributed by atoms with Crippen molar-refractivity contribution in [3.8, 4) is 0 Å². The molecule has 1 N–H and O–H groups in total. The molecule has 26 heavy (non-hydrogen) atoms. The van der Waals surface area contributed by atoms with Crippen LogP contribution in [0.5, 0.6) is 0 Å². The first-order chi connectivity index (χ1) is 12.6. The van der Waals surface area contributed by atoms with Crippen LogP contribution in [0.25, 0.3) is 0 Å². The van der Waals surface area contributed by atoms with Gasteiger partial charge in [-0.3, -0.25) is 4.79 Å². The second-order valence-corrected chi connectivity index (χ2v) is 5.99. The second-order valence-electron chi connectivity index (χ2n) is 5.99. The van der Waals surface area contributed by atoms with Crippen molar-refractivity contribution in [2.24, 2.45) is 7.05 Å². The molecular weight excluding hydrogens is 333 g/mol. The zero-order valence-corrected chi connectivity index (χ0v) is 14.6. The third-order valence-electron chi connectivity index (χ3n) is 4.10. The molecule has 0 fully saturated rings. The van der Waals surface area contributed by atoms with Crippen molar-refractivity contribution in [1.82, 2.24) is 14.9 Å². The molecule has 0 aliphatic carbocycles. The van der Waals surface area contributed by atoms with Gasteiger partial charge in [0.25, 0.3) is 5.91 Å². The molecule has 3 aromatic rings. The highest BCUT2D eigenvalue weighted by Crippen LogP contribution is 2.22. The maximum Gasteiger partial charge on any atom is 0.252 e. The number of carbonyl (C=O) groups is 1. The number of amides is 1. The van der Waals surface area contributed by atoms with Crippen molar-refractivity contribution >= 4 is 5.91 Å². The molecular formula is C20H20FN3O2. The zero-order chi connectivity index (χ0) is 18.5. The smallest absolute Gasteiger partial charge is 0.252 e. The fraction of sp³-hybridized carbons (Fsp3) is 0.200. The average Bonchev–Trinajstić information content (AvgIpc) is 3.06. The Bertz CT molecular complexity index is 890. The van der Waals surface area contributed by atoms with E-state index in [1.807, 2.05) is 19.2 Å². The van der Waals surface area contributed by atoms with E-state index in [1.165, 1.54) is 12.1 Å². The maximum absolute atomic E-state index is 13.7. The fourth-order valence-corrected chi connectivity index (χ4v) is 2.77. The van der Waals surface area contributed by atoms with Gasteiger partial charge >= 0.3 is 0 Å². The van der Waals surface area contributed by atoms with Crippen molar-refractivity contribution in [3.05, 3.63) is 89.3 Å². The lowest BCUT2D eigenvalue weighted by atomic mass is 10.0. The largest absolute Gasteiger partial charge is 0.380 e. The van der Waals surface area contributed by atoms with E-state index < -0.39 is 6.04 Å². The van der Waals surface area contributed by atoms with Gasteiger partial charge in [-0.05, 0) is 35.4 Å². The fourth-order valence-electron chi connectivity index (χ4n) is 2.77. The Morgan fingerprint density at radius 1 is 1.27 bits per heavy atom. The molecule has 1 aromatic heterocycles. The lowest BCUT2D eigenvalue weighted by Crippen LogP contribution is -2.31. The first-order valence-electron chi connectivity index (χ1n) is 8.20. The lowest BCUT2D eigenvalue weighted by molar-refractivity contribution is 0.0941. The van der Waals surface area contributed by atoms with Gasteiger partial charge in [0.15, 0.2) is 0 Å². The van der Waals surface area contributed by atoms with Crippen LogP contribution in [0.4, 0.5) is 4.39 Å². The molecule has 5 nitrogen and oxygen atoms in total. The van der Waals surface area contributed by atoms with Crippen LogP contribution < -0.4 is 5.32 Å². The number of nitrogens with one attached hydrogen (secondary N) is 1. The van der Waals surface area contributed by atoms with Gasteiger partial charge in [0, 0.05) is 32.1 Å².